The number of hydrogen-bond donors (Lipinski definition) is 2. The van der Waals surface area contributed by atoms with Crippen LogP contribution in [0.25, 0.3) is 0 Å². The Bertz CT molecular complexity index is 400. The number of carbonyl (C=O) groups is 1. The number of carbonyl (C=O) groups excluding carboxylic acids is 1. The Labute approximate surface area is 113 Å². The second-order valence-electron chi connectivity index (χ2n) is 4.51. The Hall–Kier alpha value is -1.43. The van der Waals surface area contributed by atoms with Crippen molar-refractivity contribution in [3.8, 4) is 0 Å². The van der Waals surface area contributed by atoms with Gasteiger partial charge in [-0.2, -0.15) is 0 Å². The lowest BCUT2D eigenvalue weighted by atomic mass is 10.1. The molecular weight excluding hydrogens is 244 g/mol. The molecule has 3 N–H and O–H groups in total. The molecular formula is C14H20N2O3. The van der Waals surface area contributed by atoms with Crippen molar-refractivity contribution in [2.45, 2.75) is 12.5 Å². The van der Waals surface area contributed by atoms with Crippen molar-refractivity contribution in [1.29, 1.82) is 0 Å². The maximum absolute atomic E-state index is 11.9. The highest BCUT2D eigenvalue weighted by atomic mass is 16.6. The van der Waals surface area contributed by atoms with Crippen molar-refractivity contribution >= 4 is 5.91 Å². The van der Waals surface area contributed by atoms with Gasteiger partial charge in [-0.15, -0.1) is 0 Å². The van der Waals surface area contributed by atoms with Crippen LogP contribution in [0.1, 0.15) is 15.9 Å². The van der Waals surface area contributed by atoms with Gasteiger partial charge in [0, 0.05) is 12.1 Å². The maximum Gasteiger partial charge on any atom is 0.251 e. The van der Waals surface area contributed by atoms with Crippen LogP contribution in [-0.4, -0.2) is 44.9 Å². The van der Waals surface area contributed by atoms with E-state index in [1.54, 1.807) is 0 Å². The van der Waals surface area contributed by atoms with Crippen LogP contribution in [0.3, 0.4) is 0 Å². The number of rotatable bonds is 5. The summed E-state index contributed by atoms with van der Waals surface area (Å²) in [5, 5.41) is 2.85. The molecule has 0 saturated carbocycles. The van der Waals surface area contributed by atoms with Crippen molar-refractivity contribution in [1.82, 2.24) is 5.32 Å². The summed E-state index contributed by atoms with van der Waals surface area (Å²) in [5.41, 5.74) is 7.28. The van der Waals surface area contributed by atoms with Gasteiger partial charge in [0.15, 0.2) is 0 Å². The molecule has 1 saturated heterocycles. The van der Waals surface area contributed by atoms with Crippen molar-refractivity contribution in [3.05, 3.63) is 35.4 Å². The minimum atomic E-state index is -0.0894. The third-order valence-electron chi connectivity index (χ3n) is 3.02. The van der Waals surface area contributed by atoms with E-state index >= 15 is 0 Å². The van der Waals surface area contributed by atoms with Gasteiger partial charge in [0.05, 0.1) is 25.9 Å². The molecule has 1 heterocycles. The van der Waals surface area contributed by atoms with Crippen LogP contribution in [0.4, 0.5) is 0 Å². The van der Waals surface area contributed by atoms with E-state index in [4.69, 9.17) is 15.2 Å². The first-order chi connectivity index (χ1) is 9.29. The molecule has 5 heteroatoms. The zero-order valence-corrected chi connectivity index (χ0v) is 10.9. The fourth-order valence-corrected chi connectivity index (χ4v) is 1.95. The van der Waals surface area contributed by atoms with Crippen LogP contribution in [0.5, 0.6) is 0 Å². The third kappa shape index (κ3) is 4.31. The predicted molar refractivity (Wildman–Crippen MR) is 72.1 cm³/mol. The Morgan fingerprint density at radius 1 is 1.32 bits per heavy atom. The molecule has 1 aromatic rings. The molecule has 1 fully saturated rings. The molecule has 1 atom stereocenters. The van der Waals surface area contributed by atoms with Gasteiger partial charge in [0.25, 0.3) is 5.91 Å². The average molecular weight is 264 g/mol. The minimum absolute atomic E-state index is 0.0470. The Morgan fingerprint density at radius 2 is 2.11 bits per heavy atom. The molecule has 5 nitrogen and oxygen atoms in total. The van der Waals surface area contributed by atoms with E-state index in [1.807, 2.05) is 24.3 Å². The van der Waals surface area contributed by atoms with Gasteiger partial charge in [-0.3, -0.25) is 4.79 Å². The van der Waals surface area contributed by atoms with E-state index in [9.17, 15) is 4.79 Å². The lowest BCUT2D eigenvalue weighted by molar-refractivity contribution is -0.0855. The second-order valence-corrected chi connectivity index (χ2v) is 4.51. The van der Waals surface area contributed by atoms with E-state index < -0.39 is 0 Å². The predicted octanol–water partition coefficient (Wildman–Crippen LogP) is 0.333. The third-order valence-corrected chi connectivity index (χ3v) is 3.02. The first-order valence-corrected chi connectivity index (χ1v) is 6.56. The molecule has 1 unspecified atom stereocenters. The fraction of sp³-hybridized carbons (Fsp3) is 0.500. The monoisotopic (exact) mass is 264 g/mol. The molecule has 2 rings (SSSR count). The number of nitrogens with one attached hydrogen (secondary N) is 1. The minimum Gasteiger partial charge on any atom is -0.376 e. The highest BCUT2D eigenvalue weighted by molar-refractivity contribution is 5.94. The van der Waals surface area contributed by atoms with E-state index in [-0.39, 0.29) is 12.0 Å². The summed E-state index contributed by atoms with van der Waals surface area (Å²) in [4.78, 5) is 11.9. The lowest BCUT2D eigenvalue weighted by Crippen LogP contribution is -2.39. The fourth-order valence-electron chi connectivity index (χ4n) is 1.95. The normalized spacial score (nSPS) is 19.1. The number of ether oxygens (including phenoxy) is 2. The van der Waals surface area contributed by atoms with Crippen molar-refractivity contribution in [3.63, 3.8) is 0 Å². The average Bonchev–Trinajstić information content (AvgIpc) is 2.47. The lowest BCUT2D eigenvalue weighted by Gasteiger charge is -2.23. The Morgan fingerprint density at radius 3 is 2.74 bits per heavy atom. The Balaban J connectivity index is 1.81. The molecule has 0 spiro atoms. The molecule has 0 aliphatic carbocycles. The number of hydrogen-bond acceptors (Lipinski definition) is 4. The standard InChI is InChI=1S/C14H20N2O3/c15-6-5-11-1-3-12(4-2-11)14(17)16-9-13-10-18-7-8-19-13/h1-4,13H,5-10,15H2,(H,16,17). The van der Waals surface area contributed by atoms with Gasteiger partial charge in [-0.05, 0) is 30.7 Å². The molecule has 0 bridgehead atoms. The van der Waals surface area contributed by atoms with Crippen LogP contribution in [0.15, 0.2) is 24.3 Å². The second kappa shape index (κ2) is 7.23. The topological polar surface area (TPSA) is 73.6 Å². The van der Waals surface area contributed by atoms with Gasteiger partial charge >= 0.3 is 0 Å². The van der Waals surface area contributed by atoms with Crippen molar-refractivity contribution in [2.75, 3.05) is 32.9 Å². The zero-order chi connectivity index (χ0) is 13.5. The molecule has 1 aliphatic rings. The first kappa shape index (κ1) is 14.0. The zero-order valence-electron chi connectivity index (χ0n) is 10.9. The van der Waals surface area contributed by atoms with Gasteiger partial charge in [0.1, 0.15) is 0 Å². The van der Waals surface area contributed by atoms with E-state index in [0.29, 0.717) is 38.5 Å². The van der Waals surface area contributed by atoms with Gasteiger partial charge in [-0.1, -0.05) is 12.1 Å². The van der Waals surface area contributed by atoms with E-state index in [0.717, 1.165) is 12.0 Å². The summed E-state index contributed by atoms with van der Waals surface area (Å²) >= 11 is 0. The highest BCUT2D eigenvalue weighted by Gasteiger charge is 2.15. The van der Waals surface area contributed by atoms with E-state index in [1.165, 1.54) is 0 Å². The van der Waals surface area contributed by atoms with Crippen LogP contribution in [-0.2, 0) is 15.9 Å². The van der Waals surface area contributed by atoms with Crippen LogP contribution >= 0.6 is 0 Å². The summed E-state index contributed by atoms with van der Waals surface area (Å²) in [5.74, 6) is -0.0894. The number of nitrogens with two attached hydrogens (primary N) is 1. The highest BCUT2D eigenvalue weighted by Crippen LogP contribution is 2.05. The van der Waals surface area contributed by atoms with Crippen LogP contribution < -0.4 is 11.1 Å². The summed E-state index contributed by atoms with van der Waals surface area (Å²) in [6.45, 7) is 2.85. The van der Waals surface area contributed by atoms with Gasteiger partial charge in [0.2, 0.25) is 0 Å². The molecule has 1 aliphatic heterocycles. The molecule has 19 heavy (non-hydrogen) atoms. The molecule has 1 amide bonds. The van der Waals surface area contributed by atoms with Crippen molar-refractivity contribution < 1.29 is 14.3 Å². The number of amides is 1. The van der Waals surface area contributed by atoms with Gasteiger partial charge in [-0.25, -0.2) is 0 Å². The first-order valence-electron chi connectivity index (χ1n) is 6.56. The van der Waals surface area contributed by atoms with Crippen LogP contribution in [0.2, 0.25) is 0 Å². The largest absolute Gasteiger partial charge is 0.376 e. The Kier molecular flexibility index (Phi) is 5.32. The quantitative estimate of drug-likeness (QED) is 0.804. The maximum atomic E-state index is 11.9. The van der Waals surface area contributed by atoms with Crippen molar-refractivity contribution in [2.24, 2.45) is 5.73 Å². The number of benzene rings is 1. The molecule has 0 radical (unpaired) electrons. The van der Waals surface area contributed by atoms with Gasteiger partial charge < -0.3 is 20.5 Å². The summed E-state index contributed by atoms with van der Waals surface area (Å²) in [6.07, 6.45) is 0.781. The molecule has 0 aromatic heterocycles. The van der Waals surface area contributed by atoms with Crippen LogP contribution in [0, 0.1) is 0 Å². The smallest absolute Gasteiger partial charge is 0.251 e. The molecule has 1 aromatic carbocycles. The SMILES string of the molecule is NCCc1ccc(C(=O)NCC2COCCO2)cc1. The molecule has 104 valence electrons. The summed E-state index contributed by atoms with van der Waals surface area (Å²) < 4.78 is 10.7. The van der Waals surface area contributed by atoms with E-state index in [2.05, 4.69) is 5.32 Å². The summed E-state index contributed by atoms with van der Waals surface area (Å²) in [7, 11) is 0. The summed E-state index contributed by atoms with van der Waals surface area (Å²) in [6, 6.07) is 7.50.